The maximum absolute atomic E-state index is 10.5. The van der Waals surface area contributed by atoms with Crippen LogP contribution in [-0.4, -0.2) is 19.0 Å². The smallest absolute Gasteiger partial charge is 0.134 e. The Balaban J connectivity index is 2.01. The summed E-state index contributed by atoms with van der Waals surface area (Å²) >= 11 is 0. The van der Waals surface area contributed by atoms with Gasteiger partial charge in [-0.05, 0) is 0 Å². The second kappa shape index (κ2) is 1.13. The normalized spacial score (nSPS) is 31.8. The molecule has 2 aliphatic rings. The number of rotatable bonds is 0. The highest BCUT2D eigenvalue weighted by molar-refractivity contribution is 5.86. The van der Waals surface area contributed by atoms with Gasteiger partial charge in [-0.1, -0.05) is 0 Å². The molecule has 1 aliphatic carbocycles. The topological polar surface area (TPSA) is 26.3 Å². The highest BCUT2D eigenvalue weighted by atomic mass is 16.5. The van der Waals surface area contributed by atoms with Crippen molar-refractivity contribution in [2.75, 3.05) is 13.2 Å². The van der Waals surface area contributed by atoms with Gasteiger partial charge in [0.2, 0.25) is 0 Å². The maximum Gasteiger partial charge on any atom is 0.134 e. The molecule has 0 N–H and O–H groups in total. The van der Waals surface area contributed by atoms with Crippen molar-refractivity contribution in [2.45, 2.75) is 12.8 Å². The largest absolute Gasteiger partial charge is 0.380 e. The molecule has 0 aromatic heterocycles. The van der Waals surface area contributed by atoms with E-state index in [4.69, 9.17) is 4.74 Å². The van der Waals surface area contributed by atoms with Gasteiger partial charge in [-0.25, -0.2) is 0 Å². The molecule has 1 heterocycles. The molecule has 44 valence electrons. The van der Waals surface area contributed by atoms with Crippen molar-refractivity contribution >= 4 is 5.78 Å². The van der Waals surface area contributed by atoms with Crippen LogP contribution in [0.15, 0.2) is 0 Å². The number of ether oxygens (including phenoxy) is 1. The highest BCUT2D eigenvalue weighted by Crippen LogP contribution is 2.43. The molecule has 8 heavy (non-hydrogen) atoms. The molecule has 1 aliphatic heterocycles. The van der Waals surface area contributed by atoms with E-state index in [1.165, 1.54) is 0 Å². The summed E-state index contributed by atoms with van der Waals surface area (Å²) in [5.74, 6) is 0.410. The minimum absolute atomic E-state index is 0.344. The average molecular weight is 112 g/mol. The third-order valence-corrected chi connectivity index (χ3v) is 1.96. The Morgan fingerprint density at radius 3 is 2.12 bits per heavy atom. The monoisotopic (exact) mass is 112 g/mol. The number of carbonyl (C=O) groups excluding carboxylic acids is 1. The first-order valence-corrected chi connectivity index (χ1v) is 2.90. The third kappa shape index (κ3) is 0.388. The Bertz CT molecular complexity index is 125. The second-order valence-electron chi connectivity index (χ2n) is 2.89. The van der Waals surface area contributed by atoms with E-state index in [9.17, 15) is 4.79 Å². The minimum Gasteiger partial charge on any atom is -0.380 e. The van der Waals surface area contributed by atoms with Crippen LogP contribution < -0.4 is 0 Å². The molecule has 0 aromatic carbocycles. The van der Waals surface area contributed by atoms with E-state index in [-0.39, 0.29) is 0 Å². The van der Waals surface area contributed by atoms with Crippen molar-refractivity contribution in [3.8, 4) is 0 Å². The van der Waals surface area contributed by atoms with Gasteiger partial charge in [0.15, 0.2) is 0 Å². The number of hydrogen-bond donors (Lipinski definition) is 0. The van der Waals surface area contributed by atoms with Crippen molar-refractivity contribution < 1.29 is 9.53 Å². The molecule has 2 heteroatoms. The summed E-state index contributed by atoms with van der Waals surface area (Å²) in [7, 11) is 0. The van der Waals surface area contributed by atoms with Gasteiger partial charge < -0.3 is 4.74 Å². The van der Waals surface area contributed by atoms with E-state index in [1.54, 1.807) is 0 Å². The van der Waals surface area contributed by atoms with Crippen molar-refractivity contribution in [3.63, 3.8) is 0 Å². The van der Waals surface area contributed by atoms with Crippen molar-refractivity contribution in [1.29, 1.82) is 0 Å². The van der Waals surface area contributed by atoms with Gasteiger partial charge in [0.05, 0.1) is 13.2 Å². The van der Waals surface area contributed by atoms with Crippen LogP contribution in [0.2, 0.25) is 0 Å². The van der Waals surface area contributed by atoms with Crippen LogP contribution in [0.4, 0.5) is 0 Å². The fourth-order valence-electron chi connectivity index (χ4n) is 1.38. The molecule has 2 nitrogen and oxygen atoms in total. The Morgan fingerprint density at radius 1 is 1.38 bits per heavy atom. The van der Waals surface area contributed by atoms with Crippen LogP contribution >= 0.6 is 0 Å². The number of hydrogen-bond acceptors (Lipinski definition) is 2. The summed E-state index contributed by atoms with van der Waals surface area (Å²) in [5, 5.41) is 0. The predicted molar refractivity (Wildman–Crippen MR) is 27.5 cm³/mol. The zero-order valence-electron chi connectivity index (χ0n) is 4.64. The summed E-state index contributed by atoms with van der Waals surface area (Å²) < 4.78 is 4.98. The van der Waals surface area contributed by atoms with Crippen LogP contribution in [0, 0.1) is 5.41 Å². The molecule has 0 amide bonds. The third-order valence-electron chi connectivity index (χ3n) is 1.96. The fourth-order valence-corrected chi connectivity index (χ4v) is 1.38. The molecule has 0 atom stereocenters. The van der Waals surface area contributed by atoms with E-state index in [0.717, 1.165) is 26.1 Å². The predicted octanol–water partition coefficient (Wildman–Crippen LogP) is 0.366. The van der Waals surface area contributed by atoms with Gasteiger partial charge in [0.25, 0.3) is 0 Å². The summed E-state index contributed by atoms with van der Waals surface area (Å²) in [6.45, 7) is 1.66. The molecule has 2 fully saturated rings. The van der Waals surface area contributed by atoms with Crippen molar-refractivity contribution in [3.05, 3.63) is 0 Å². The van der Waals surface area contributed by atoms with Gasteiger partial charge in [-0.2, -0.15) is 0 Å². The van der Waals surface area contributed by atoms with Crippen LogP contribution in [0.25, 0.3) is 0 Å². The fraction of sp³-hybridized carbons (Fsp3) is 0.833. The first kappa shape index (κ1) is 4.50. The molecule has 0 bridgehead atoms. The van der Waals surface area contributed by atoms with E-state index >= 15 is 0 Å². The molecular weight excluding hydrogens is 104 g/mol. The lowest BCUT2D eigenvalue weighted by molar-refractivity contribution is -0.172. The van der Waals surface area contributed by atoms with Gasteiger partial charge in [0, 0.05) is 18.3 Å². The Labute approximate surface area is 47.8 Å². The summed E-state index contributed by atoms with van der Waals surface area (Å²) in [6, 6.07) is 0. The van der Waals surface area contributed by atoms with Crippen LogP contribution in [-0.2, 0) is 9.53 Å². The van der Waals surface area contributed by atoms with Crippen LogP contribution in [0.1, 0.15) is 12.8 Å². The van der Waals surface area contributed by atoms with Gasteiger partial charge >= 0.3 is 0 Å². The molecular formula is C6H8O2. The molecule has 2 rings (SSSR count). The summed E-state index contributed by atoms with van der Waals surface area (Å²) in [5.41, 5.74) is 0.344. The van der Waals surface area contributed by atoms with Crippen LogP contribution in [0.3, 0.4) is 0 Å². The molecule has 0 aromatic rings. The van der Waals surface area contributed by atoms with E-state index in [1.807, 2.05) is 0 Å². The lowest BCUT2D eigenvalue weighted by atomic mass is 9.66. The van der Waals surface area contributed by atoms with E-state index in [0.29, 0.717) is 11.2 Å². The molecule has 1 saturated heterocycles. The van der Waals surface area contributed by atoms with E-state index in [2.05, 4.69) is 0 Å². The Morgan fingerprint density at radius 2 is 2.00 bits per heavy atom. The summed E-state index contributed by atoms with van der Waals surface area (Å²) in [6.07, 6.45) is 1.57. The highest BCUT2D eigenvalue weighted by Gasteiger charge is 2.49. The SMILES string of the molecule is O=C1CC2(COC2)C1. The van der Waals surface area contributed by atoms with Crippen LogP contribution in [0.5, 0.6) is 0 Å². The van der Waals surface area contributed by atoms with E-state index < -0.39 is 0 Å². The quantitative estimate of drug-likeness (QED) is 0.452. The Kier molecular flexibility index (Phi) is 0.637. The molecule has 0 unspecified atom stereocenters. The second-order valence-corrected chi connectivity index (χ2v) is 2.89. The number of carbonyl (C=O) groups is 1. The zero-order chi connectivity index (χ0) is 5.61. The first-order chi connectivity index (χ1) is 3.81. The van der Waals surface area contributed by atoms with Gasteiger partial charge in [-0.15, -0.1) is 0 Å². The molecule has 1 spiro atoms. The molecule has 0 radical (unpaired) electrons. The summed E-state index contributed by atoms with van der Waals surface area (Å²) in [4.78, 5) is 10.5. The molecule has 1 saturated carbocycles. The van der Waals surface area contributed by atoms with Crippen molar-refractivity contribution in [1.82, 2.24) is 0 Å². The number of ketones is 1. The standard InChI is InChI=1S/C6H8O2/c7-5-1-6(2-5)3-8-4-6/h1-4H2. The number of Topliss-reactive ketones (excluding diaryl/α,β-unsaturated/α-hetero) is 1. The lowest BCUT2D eigenvalue weighted by Gasteiger charge is -2.47. The average Bonchev–Trinajstić information content (AvgIpc) is 1.51. The minimum atomic E-state index is 0.344. The zero-order valence-corrected chi connectivity index (χ0v) is 4.64. The Hall–Kier alpha value is -0.370. The first-order valence-electron chi connectivity index (χ1n) is 2.90. The van der Waals surface area contributed by atoms with Crippen molar-refractivity contribution in [2.24, 2.45) is 5.41 Å². The maximum atomic E-state index is 10.5. The van der Waals surface area contributed by atoms with Gasteiger partial charge in [-0.3, -0.25) is 4.79 Å². The lowest BCUT2D eigenvalue weighted by Crippen LogP contribution is -2.52. The van der Waals surface area contributed by atoms with Gasteiger partial charge in [0.1, 0.15) is 5.78 Å².